The first-order valence-corrected chi connectivity index (χ1v) is 4.54. The molecule has 0 rings (SSSR count). The normalized spacial score (nSPS) is 14.2. The summed E-state index contributed by atoms with van der Waals surface area (Å²) in [7, 11) is -9.66. The maximum Gasteiger partial charge on any atom is 0.419 e. The second kappa shape index (κ2) is 3.17. The fourth-order valence-electron chi connectivity index (χ4n) is 0.220. The van der Waals surface area contributed by atoms with Gasteiger partial charge in [-0.2, -0.15) is 17.6 Å². The van der Waals surface area contributed by atoms with Crippen LogP contribution in [0.3, 0.4) is 0 Å². The maximum atomic E-state index is 11.8. The maximum absolute atomic E-state index is 11.8. The Bertz CT molecular complexity index is 267. The Morgan fingerprint density at radius 1 is 0.667 bits per heavy atom. The third-order valence-electron chi connectivity index (χ3n) is 0.820. The van der Waals surface area contributed by atoms with Crippen molar-refractivity contribution in [1.82, 2.24) is 0 Å². The van der Waals surface area contributed by atoms with Gasteiger partial charge in [0.2, 0.25) is 21.4 Å². The van der Waals surface area contributed by atoms with Crippen LogP contribution in [0.1, 0.15) is 0 Å². The van der Waals surface area contributed by atoms with Gasteiger partial charge in [0.1, 0.15) is 0 Å². The van der Waals surface area contributed by atoms with Crippen LogP contribution in [-0.2, 0) is 21.4 Å². The quantitative estimate of drug-likeness (QED) is 0.501. The van der Waals surface area contributed by atoms with Gasteiger partial charge in [0.05, 0.1) is 0 Å². The van der Waals surface area contributed by atoms with Crippen LogP contribution in [0.2, 0.25) is 0 Å². The number of halogens is 4. The second-order valence-corrected chi connectivity index (χ2v) is 3.75. The van der Waals surface area contributed by atoms with Crippen LogP contribution in [-0.4, -0.2) is 27.3 Å². The van der Waals surface area contributed by atoms with Crippen molar-refractivity contribution in [2.45, 2.75) is 10.5 Å². The Morgan fingerprint density at radius 3 is 0.917 bits per heavy atom. The predicted octanol–water partition coefficient (Wildman–Crippen LogP) is -0.605. The summed E-state index contributed by atoms with van der Waals surface area (Å²) in [6, 6.07) is 0. The van der Waals surface area contributed by atoms with E-state index in [2.05, 4.69) is 0 Å². The molecule has 0 aromatic rings. The molecule has 4 nitrogen and oxygen atoms in total. The Balaban J connectivity index is 5.30. The molecular weight excluding hydrogens is 228 g/mol. The lowest BCUT2D eigenvalue weighted by atomic mass is 10.7. The molecule has 74 valence electrons. The molecule has 0 bridgehead atoms. The molecule has 0 aliphatic rings. The van der Waals surface area contributed by atoms with E-state index in [9.17, 15) is 34.4 Å². The molecule has 0 heterocycles. The largest absolute Gasteiger partial charge is 0.419 e. The van der Waals surface area contributed by atoms with Gasteiger partial charge in [-0.25, -0.2) is 16.8 Å². The van der Waals surface area contributed by atoms with Crippen LogP contribution in [0, 0.1) is 0 Å². The zero-order chi connectivity index (χ0) is 10.2. The van der Waals surface area contributed by atoms with Gasteiger partial charge in [-0.1, -0.05) is 0 Å². The monoisotopic (exact) mass is 230 g/mol. The molecule has 10 heteroatoms. The van der Waals surface area contributed by atoms with Gasteiger partial charge in [-0.15, -0.1) is 0 Å². The fraction of sp³-hybridized carbons (Fsp3) is 1.00. The van der Waals surface area contributed by atoms with Gasteiger partial charge in [0.15, 0.2) is 0 Å². The first-order valence-electron chi connectivity index (χ1n) is 2.18. The van der Waals surface area contributed by atoms with Crippen LogP contribution in [0.15, 0.2) is 0 Å². The first-order chi connectivity index (χ1) is 5.14. The van der Waals surface area contributed by atoms with Crippen LogP contribution in [0.5, 0.6) is 0 Å². The molecule has 0 saturated carbocycles. The molecule has 0 N–H and O–H groups in total. The van der Waals surface area contributed by atoms with Crippen LogP contribution in [0.4, 0.5) is 17.6 Å². The lowest BCUT2D eigenvalue weighted by molar-refractivity contribution is -0.0920. The summed E-state index contributed by atoms with van der Waals surface area (Å²) in [6.07, 6.45) is 0. The standard InChI is InChI=1S/C2H2F4O4S2/c3-1(4,11(7)8)2(5,6)12(9)10/h11-12H. The van der Waals surface area contributed by atoms with Crippen LogP contribution < -0.4 is 0 Å². The molecule has 0 aliphatic heterocycles. The van der Waals surface area contributed by atoms with E-state index in [0.717, 1.165) is 0 Å². The molecule has 0 radical (unpaired) electrons. The molecule has 0 aliphatic carbocycles. The molecule has 0 aromatic heterocycles. The van der Waals surface area contributed by atoms with Crippen LogP contribution in [0.25, 0.3) is 0 Å². The summed E-state index contributed by atoms with van der Waals surface area (Å²) in [6.45, 7) is 0. The van der Waals surface area contributed by atoms with Gasteiger partial charge in [-0.05, 0) is 0 Å². The van der Waals surface area contributed by atoms with Gasteiger partial charge in [0, 0.05) is 0 Å². The Labute approximate surface area is 67.1 Å². The van der Waals surface area contributed by atoms with Crippen molar-refractivity contribution in [2.75, 3.05) is 0 Å². The van der Waals surface area contributed by atoms with Crippen molar-refractivity contribution in [2.24, 2.45) is 0 Å². The van der Waals surface area contributed by atoms with Gasteiger partial charge >= 0.3 is 10.5 Å². The lowest BCUT2D eigenvalue weighted by Gasteiger charge is -2.14. The molecule has 12 heavy (non-hydrogen) atoms. The molecule has 0 saturated heterocycles. The highest BCUT2D eigenvalue weighted by Crippen LogP contribution is 2.35. The predicted molar refractivity (Wildman–Crippen MR) is 30.5 cm³/mol. The van der Waals surface area contributed by atoms with Crippen molar-refractivity contribution in [3.63, 3.8) is 0 Å². The first kappa shape index (κ1) is 11.6. The minimum atomic E-state index is -5.56. The van der Waals surface area contributed by atoms with Crippen molar-refractivity contribution in [1.29, 1.82) is 0 Å². The summed E-state index contributed by atoms with van der Waals surface area (Å²) >= 11 is 0. The van der Waals surface area contributed by atoms with E-state index in [1.54, 1.807) is 0 Å². The Morgan fingerprint density at radius 2 is 0.833 bits per heavy atom. The summed E-state index contributed by atoms with van der Waals surface area (Å²) in [4.78, 5) is 0. The van der Waals surface area contributed by atoms with Gasteiger partial charge < -0.3 is 0 Å². The minimum absolute atomic E-state index is 4.83. The number of rotatable bonds is 3. The van der Waals surface area contributed by atoms with Crippen molar-refractivity contribution >= 4 is 21.4 Å². The summed E-state index contributed by atoms with van der Waals surface area (Å²) in [5.41, 5.74) is 0. The van der Waals surface area contributed by atoms with Gasteiger partial charge in [-0.3, -0.25) is 0 Å². The molecular formula is C2H2F4O4S2. The van der Waals surface area contributed by atoms with Gasteiger partial charge in [0.25, 0.3) is 0 Å². The Hall–Kier alpha value is -0.380. The van der Waals surface area contributed by atoms with E-state index in [0.29, 0.717) is 0 Å². The van der Waals surface area contributed by atoms with E-state index in [1.165, 1.54) is 0 Å². The third-order valence-corrected chi connectivity index (χ3v) is 2.48. The summed E-state index contributed by atoms with van der Waals surface area (Å²) in [5.74, 6) is 0. The second-order valence-electron chi connectivity index (χ2n) is 1.60. The fourth-order valence-corrected chi connectivity index (χ4v) is 1.15. The van der Waals surface area contributed by atoms with Crippen LogP contribution >= 0.6 is 0 Å². The molecule has 0 spiro atoms. The van der Waals surface area contributed by atoms with E-state index in [4.69, 9.17) is 0 Å². The average Bonchev–Trinajstić information content (AvgIpc) is 1.86. The van der Waals surface area contributed by atoms with Crippen molar-refractivity contribution in [3.8, 4) is 0 Å². The van der Waals surface area contributed by atoms with E-state index < -0.39 is 31.9 Å². The molecule has 0 unspecified atom stereocenters. The smallest absolute Gasteiger partial charge is 0.225 e. The topological polar surface area (TPSA) is 68.3 Å². The number of hydrogen-bond donors (Lipinski definition) is 2. The van der Waals surface area contributed by atoms with E-state index in [-0.39, 0.29) is 0 Å². The highest BCUT2D eigenvalue weighted by molar-refractivity contribution is 7.78. The molecule has 0 fully saturated rings. The SMILES string of the molecule is O=[SH](=O)C(F)(F)C(F)(F)[SH](=O)=O. The number of thiol groups is 2. The zero-order valence-corrected chi connectivity index (χ0v) is 6.83. The third kappa shape index (κ3) is 1.68. The summed E-state index contributed by atoms with van der Waals surface area (Å²) < 4.78 is 85.4. The zero-order valence-electron chi connectivity index (χ0n) is 5.04. The number of hydrogen-bond acceptors (Lipinski definition) is 4. The molecule has 0 amide bonds. The number of alkyl halides is 4. The molecule has 0 atom stereocenters. The van der Waals surface area contributed by atoms with E-state index >= 15 is 0 Å². The Kier molecular flexibility index (Phi) is 3.07. The average molecular weight is 230 g/mol. The summed E-state index contributed by atoms with van der Waals surface area (Å²) in [5, 5.41) is -11.1. The van der Waals surface area contributed by atoms with E-state index in [1.807, 2.05) is 0 Å². The highest BCUT2D eigenvalue weighted by Gasteiger charge is 2.62. The lowest BCUT2D eigenvalue weighted by Crippen LogP contribution is -2.42. The molecule has 0 aromatic carbocycles. The van der Waals surface area contributed by atoms with Crippen molar-refractivity contribution < 1.29 is 34.4 Å². The van der Waals surface area contributed by atoms with Crippen molar-refractivity contribution in [3.05, 3.63) is 0 Å². The highest BCUT2D eigenvalue weighted by atomic mass is 32.2. The minimum Gasteiger partial charge on any atom is -0.225 e.